The number of carbonyl (C=O) groups excluding carboxylic acids is 2. The van der Waals surface area contributed by atoms with Crippen LogP contribution in [0, 0.1) is 5.92 Å². The van der Waals surface area contributed by atoms with Gasteiger partial charge in [0, 0.05) is 43.7 Å². The first-order chi connectivity index (χ1) is 12.9. The lowest BCUT2D eigenvalue weighted by Crippen LogP contribution is -2.43. The van der Waals surface area contributed by atoms with E-state index in [1.54, 1.807) is 29.2 Å². The summed E-state index contributed by atoms with van der Waals surface area (Å²) in [7, 11) is -3.58. The fourth-order valence-corrected chi connectivity index (χ4v) is 5.24. The summed E-state index contributed by atoms with van der Waals surface area (Å²) in [6, 6.07) is 6.88. The molecule has 7 nitrogen and oxygen atoms in total. The first-order valence-corrected chi connectivity index (χ1v) is 11.1. The van der Waals surface area contributed by atoms with Gasteiger partial charge in [0.05, 0.1) is 4.90 Å². The molecule has 0 bridgehead atoms. The van der Waals surface area contributed by atoms with E-state index in [0.717, 1.165) is 24.9 Å². The van der Waals surface area contributed by atoms with Gasteiger partial charge in [-0.1, -0.05) is 0 Å². The Morgan fingerprint density at radius 2 is 1.67 bits per heavy atom. The quantitative estimate of drug-likeness (QED) is 0.824. The molecule has 0 spiro atoms. The Morgan fingerprint density at radius 1 is 1.00 bits per heavy atom. The van der Waals surface area contributed by atoms with Crippen LogP contribution in [0.4, 0.5) is 5.69 Å². The van der Waals surface area contributed by atoms with Crippen molar-refractivity contribution in [3.05, 3.63) is 24.3 Å². The van der Waals surface area contributed by atoms with Crippen molar-refractivity contribution in [2.75, 3.05) is 24.5 Å². The lowest BCUT2D eigenvalue weighted by molar-refractivity contribution is -0.126. The second-order valence-corrected chi connectivity index (χ2v) is 9.54. The van der Waals surface area contributed by atoms with Crippen molar-refractivity contribution in [2.45, 2.75) is 49.5 Å². The highest BCUT2D eigenvalue weighted by atomic mass is 32.2. The van der Waals surface area contributed by atoms with Crippen molar-refractivity contribution in [1.29, 1.82) is 0 Å². The number of hydrogen-bond donors (Lipinski definition) is 1. The molecule has 1 aromatic rings. The van der Waals surface area contributed by atoms with Gasteiger partial charge in [-0.25, -0.2) is 8.42 Å². The number of nitrogens with one attached hydrogen (secondary N) is 1. The summed E-state index contributed by atoms with van der Waals surface area (Å²) < 4.78 is 27.2. The molecule has 0 aromatic heterocycles. The number of sulfonamides is 1. The Hall–Kier alpha value is -1.93. The molecule has 1 aromatic carbocycles. The van der Waals surface area contributed by atoms with Crippen LogP contribution in [0.3, 0.4) is 0 Å². The van der Waals surface area contributed by atoms with Crippen molar-refractivity contribution >= 4 is 27.5 Å². The van der Waals surface area contributed by atoms with Gasteiger partial charge in [0.15, 0.2) is 0 Å². The molecule has 4 rings (SSSR count). The summed E-state index contributed by atoms with van der Waals surface area (Å²) in [4.78, 5) is 25.9. The SMILES string of the molecule is O=C(NC1CC1)C1CCN(S(=O)(=O)c2ccc(N3CCCC3=O)cc2)CC1. The molecule has 3 aliphatic rings. The standard InChI is InChI=1S/C19H25N3O4S/c23-18-2-1-11-22(18)16-5-7-17(8-6-16)27(25,26)21-12-9-14(10-13-21)19(24)20-15-3-4-15/h5-8,14-15H,1-4,9-13H2,(H,20,24). The van der Waals surface area contributed by atoms with Crippen LogP contribution in [0.2, 0.25) is 0 Å². The number of anilines is 1. The molecular weight excluding hydrogens is 366 g/mol. The van der Waals surface area contributed by atoms with E-state index in [0.29, 0.717) is 44.9 Å². The van der Waals surface area contributed by atoms with Crippen molar-refractivity contribution in [3.8, 4) is 0 Å². The van der Waals surface area contributed by atoms with Crippen LogP contribution in [0.15, 0.2) is 29.2 Å². The number of nitrogens with zero attached hydrogens (tertiary/aromatic N) is 2. The van der Waals surface area contributed by atoms with E-state index >= 15 is 0 Å². The minimum absolute atomic E-state index is 0.0641. The van der Waals surface area contributed by atoms with Crippen LogP contribution in [0.5, 0.6) is 0 Å². The van der Waals surface area contributed by atoms with Gasteiger partial charge in [-0.2, -0.15) is 4.31 Å². The molecule has 2 amide bonds. The van der Waals surface area contributed by atoms with Crippen molar-refractivity contribution < 1.29 is 18.0 Å². The maximum atomic E-state index is 12.9. The van der Waals surface area contributed by atoms with E-state index in [-0.39, 0.29) is 22.6 Å². The molecule has 3 fully saturated rings. The maximum Gasteiger partial charge on any atom is 0.243 e. The van der Waals surface area contributed by atoms with Gasteiger partial charge < -0.3 is 10.2 Å². The summed E-state index contributed by atoms with van der Waals surface area (Å²) in [5.41, 5.74) is 0.743. The molecule has 1 aliphatic carbocycles. The topological polar surface area (TPSA) is 86.8 Å². The second kappa shape index (κ2) is 7.24. The first kappa shape index (κ1) is 18.4. The van der Waals surface area contributed by atoms with Crippen LogP contribution >= 0.6 is 0 Å². The molecule has 2 aliphatic heterocycles. The minimum Gasteiger partial charge on any atom is -0.353 e. The largest absolute Gasteiger partial charge is 0.353 e. The molecule has 1 N–H and O–H groups in total. The Bertz CT molecular complexity index is 825. The molecule has 0 radical (unpaired) electrons. The van der Waals surface area contributed by atoms with Crippen LogP contribution in [-0.2, 0) is 19.6 Å². The predicted octanol–water partition coefficient (Wildman–Crippen LogP) is 1.49. The van der Waals surface area contributed by atoms with E-state index in [2.05, 4.69) is 5.32 Å². The molecule has 27 heavy (non-hydrogen) atoms. The molecule has 146 valence electrons. The molecule has 0 atom stereocenters. The van der Waals surface area contributed by atoms with Gasteiger partial charge in [0.2, 0.25) is 21.8 Å². The zero-order valence-corrected chi connectivity index (χ0v) is 16.1. The molecule has 2 saturated heterocycles. The average Bonchev–Trinajstić information content (AvgIpc) is 3.39. The summed E-state index contributed by atoms with van der Waals surface area (Å²) in [6.45, 7) is 1.40. The van der Waals surface area contributed by atoms with Crippen LogP contribution in [0.25, 0.3) is 0 Å². The third-order valence-electron chi connectivity index (χ3n) is 5.61. The second-order valence-electron chi connectivity index (χ2n) is 7.60. The zero-order chi connectivity index (χ0) is 19.0. The van der Waals surface area contributed by atoms with Crippen molar-refractivity contribution in [1.82, 2.24) is 9.62 Å². The van der Waals surface area contributed by atoms with Gasteiger partial charge >= 0.3 is 0 Å². The fraction of sp³-hybridized carbons (Fsp3) is 0.579. The minimum atomic E-state index is -3.58. The number of amides is 2. The summed E-state index contributed by atoms with van der Waals surface area (Å²) in [6.07, 6.45) is 4.59. The normalized spacial score (nSPS) is 22.2. The van der Waals surface area contributed by atoms with Gasteiger partial charge in [0.1, 0.15) is 0 Å². The van der Waals surface area contributed by atoms with Crippen LogP contribution in [0.1, 0.15) is 38.5 Å². The third-order valence-corrected chi connectivity index (χ3v) is 7.52. The number of rotatable bonds is 5. The van der Waals surface area contributed by atoms with E-state index < -0.39 is 10.0 Å². The summed E-state index contributed by atoms with van der Waals surface area (Å²) >= 11 is 0. The van der Waals surface area contributed by atoms with E-state index in [4.69, 9.17) is 0 Å². The van der Waals surface area contributed by atoms with Gasteiger partial charge in [-0.3, -0.25) is 9.59 Å². The van der Waals surface area contributed by atoms with Gasteiger partial charge in [-0.05, 0) is 56.4 Å². The van der Waals surface area contributed by atoms with Crippen molar-refractivity contribution in [2.24, 2.45) is 5.92 Å². The highest BCUT2D eigenvalue weighted by molar-refractivity contribution is 7.89. The Labute approximate surface area is 159 Å². The Morgan fingerprint density at radius 3 is 2.22 bits per heavy atom. The predicted molar refractivity (Wildman–Crippen MR) is 101 cm³/mol. The lowest BCUT2D eigenvalue weighted by atomic mass is 9.97. The number of carbonyl (C=O) groups is 2. The summed E-state index contributed by atoms with van der Waals surface area (Å²) in [5.74, 6) is 0.0481. The third kappa shape index (κ3) is 3.87. The number of hydrogen-bond acceptors (Lipinski definition) is 4. The molecule has 8 heteroatoms. The summed E-state index contributed by atoms with van der Waals surface area (Å²) in [5, 5.41) is 3.01. The molecular formula is C19H25N3O4S. The van der Waals surface area contributed by atoms with E-state index in [1.165, 1.54) is 4.31 Å². The van der Waals surface area contributed by atoms with Gasteiger partial charge in [0.25, 0.3) is 0 Å². The van der Waals surface area contributed by atoms with Crippen LogP contribution < -0.4 is 10.2 Å². The fourth-order valence-electron chi connectivity index (χ4n) is 3.77. The molecule has 2 heterocycles. The first-order valence-electron chi connectivity index (χ1n) is 9.66. The monoisotopic (exact) mass is 391 g/mol. The number of piperidine rings is 1. The van der Waals surface area contributed by atoms with Crippen molar-refractivity contribution in [3.63, 3.8) is 0 Å². The average molecular weight is 391 g/mol. The van der Waals surface area contributed by atoms with E-state index in [9.17, 15) is 18.0 Å². The molecule has 1 saturated carbocycles. The zero-order valence-electron chi connectivity index (χ0n) is 15.3. The number of benzene rings is 1. The Balaban J connectivity index is 1.39. The molecule has 0 unspecified atom stereocenters. The van der Waals surface area contributed by atoms with Crippen LogP contribution in [-0.4, -0.2) is 50.2 Å². The maximum absolute atomic E-state index is 12.9. The Kier molecular flexibility index (Phi) is 4.94. The highest BCUT2D eigenvalue weighted by Gasteiger charge is 2.34. The van der Waals surface area contributed by atoms with Gasteiger partial charge in [-0.15, -0.1) is 0 Å². The smallest absolute Gasteiger partial charge is 0.243 e. The highest BCUT2D eigenvalue weighted by Crippen LogP contribution is 2.28. The van der Waals surface area contributed by atoms with E-state index in [1.807, 2.05) is 0 Å². The lowest BCUT2D eigenvalue weighted by Gasteiger charge is -2.30.